The van der Waals surface area contributed by atoms with E-state index in [2.05, 4.69) is 46.9 Å². The molecular formula is C16H22INO. The summed E-state index contributed by atoms with van der Waals surface area (Å²) >= 11 is 2.28. The molecule has 1 fully saturated rings. The molecule has 1 aromatic carbocycles. The first-order valence-electron chi connectivity index (χ1n) is 7.10. The number of Topliss-reactive ketones (excluding diaryl/α,β-unsaturated/α-hetero) is 1. The number of carbonyl (C=O) groups is 1. The molecular weight excluding hydrogens is 349 g/mol. The summed E-state index contributed by atoms with van der Waals surface area (Å²) in [6.07, 6.45) is 7.23. The van der Waals surface area contributed by atoms with E-state index in [1.54, 1.807) is 0 Å². The normalized spacial score (nSPS) is 18.2. The average Bonchev–Trinajstić information content (AvgIpc) is 2.42. The third-order valence-electron chi connectivity index (χ3n) is 4.23. The molecule has 1 aliphatic carbocycles. The molecule has 104 valence electrons. The Kier molecular flexibility index (Phi) is 5.39. The van der Waals surface area contributed by atoms with Crippen LogP contribution in [0.5, 0.6) is 0 Å². The van der Waals surface area contributed by atoms with Gasteiger partial charge in [0, 0.05) is 16.4 Å². The van der Waals surface area contributed by atoms with Crippen molar-refractivity contribution in [3.05, 3.63) is 33.4 Å². The summed E-state index contributed by atoms with van der Waals surface area (Å²) in [6, 6.07) is 8.22. The van der Waals surface area contributed by atoms with E-state index in [9.17, 15) is 4.79 Å². The van der Waals surface area contributed by atoms with Crippen molar-refractivity contribution in [2.75, 3.05) is 6.54 Å². The van der Waals surface area contributed by atoms with Crippen LogP contribution < -0.4 is 5.73 Å². The van der Waals surface area contributed by atoms with Gasteiger partial charge in [-0.05, 0) is 65.1 Å². The van der Waals surface area contributed by atoms with E-state index in [4.69, 9.17) is 5.73 Å². The summed E-state index contributed by atoms with van der Waals surface area (Å²) < 4.78 is 1.21. The number of hydrogen-bond donors (Lipinski definition) is 1. The Balaban J connectivity index is 1.94. The van der Waals surface area contributed by atoms with Crippen molar-refractivity contribution >= 4 is 28.4 Å². The van der Waals surface area contributed by atoms with Crippen molar-refractivity contribution in [2.45, 2.75) is 44.9 Å². The van der Waals surface area contributed by atoms with Crippen molar-refractivity contribution in [1.82, 2.24) is 0 Å². The van der Waals surface area contributed by atoms with Gasteiger partial charge in [-0.15, -0.1) is 0 Å². The Morgan fingerprint density at radius 3 is 2.37 bits per heavy atom. The minimum absolute atomic E-state index is 0.0958. The molecule has 0 unspecified atom stereocenters. The van der Waals surface area contributed by atoms with Gasteiger partial charge >= 0.3 is 0 Å². The minimum atomic E-state index is 0.0958. The predicted octanol–water partition coefficient (Wildman–Crippen LogP) is 3.70. The van der Waals surface area contributed by atoms with Crippen molar-refractivity contribution in [3.63, 3.8) is 0 Å². The number of benzene rings is 1. The van der Waals surface area contributed by atoms with Crippen LogP contribution in [-0.2, 0) is 11.2 Å². The average molecular weight is 371 g/mol. The topological polar surface area (TPSA) is 43.1 Å². The molecule has 0 saturated heterocycles. The van der Waals surface area contributed by atoms with E-state index in [1.807, 2.05) is 0 Å². The fourth-order valence-corrected chi connectivity index (χ4v) is 3.43. The third kappa shape index (κ3) is 4.28. The lowest BCUT2D eigenvalue weighted by molar-refractivity contribution is -0.121. The lowest BCUT2D eigenvalue weighted by atomic mass is 9.70. The predicted molar refractivity (Wildman–Crippen MR) is 87.1 cm³/mol. The van der Waals surface area contributed by atoms with E-state index in [1.165, 1.54) is 22.8 Å². The van der Waals surface area contributed by atoms with Gasteiger partial charge in [0.2, 0.25) is 0 Å². The molecule has 1 saturated carbocycles. The Morgan fingerprint density at radius 1 is 1.16 bits per heavy atom. The van der Waals surface area contributed by atoms with Crippen LogP contribution in [0.4, 0.5) is 0 Å². The summed E-state index contributed by atoms with van der Waals surface area (Å²) in [5.41, 5.74) is 7.16. The molecule has 0 heterocycles. The van der Waals surface area contributed by atoms with Crippen molar-refractivity contribution in [3.8, 4) is 0 Å². The molecule has 0 amide bonds. The van der Waals surface area contributed by atoms with Crippen LogP contribution in [0.2, 0.25) is 0 Å². The number of hydrogen-bond acceptors (Lipinski definition) is 2. The first kappa shape index (κ1) is 15.0. The van der Waals surface area contributed by atoms with Gasteiger partial charge in [-0.3, -0.25) is 4.79 Å². The second-order valence-electron chi connectivity index (χ2n) is 5.78. The van der Waals surface area contributed by atoms with Crippen molar-refractivity contribution in [1.29, 1.82) is 0 Å². The van der Waals surface area contributed by atoms with E-state index in [-0.39, 0.29) is 5.41 Å². The highest BCUT2D eigenvalue weighted by molar-refractivity contribution is 14.1. The van der Waals surface area contributed by atoms with E-state index in [0.717, 1.165) is 18.4 Å². The van der Waals surface area contributed by atoms with Crippen molar-refractivity contribution in [2.24, 2.45) is 11.1 Å². The molecule has 0 spiro atoms. The molecule has 0 radical (unpaired) electrons. The molecule has 0 bridgehead atoms. The van der Waals surface area contributed by atoms with Crippen LogP contribution in [0, 0.1) is 8.99 Å². The molecule has 1 aliphatic rings. The Labute approximate surface area is 129 Å². The van der Waals surface area contributed by atoms with Crippen LogP contribution in [0.25, 0.3) is 0 Å². The minimum Gasteiger partial charge on any atom is -0.330 e. The van der Waals surface area contributed by atoms with Crippen LogP contribution in [0.1, 0.15) is 44.1 Å². The van der Waals surface area contributed by atoms with E-state index >= 15 is 0 Å². The fourth-order valence-electron chi connectivity index (χ4n) is 3.07. The molecule has 3 heteroatoms. The Morgan fingerprint density at radius 2 is 1.79 bits per heavy atom. The largest absolute Gasteiger partial charge is 0.330 e. The second kappa shape index (κ2) is 6.84. The Hall–Kier alpha value is -0.420. The quantitative estimate of drug-likeness (QED) is 0.802. The Bertz CT molecular complexity index is 421. The highest BCUT2D eigenvalue weighted by Crippen LogP contribution is 2.38. The van der Waals surface area contributed by atoms with Gasteiger partial charge in [0.1, 0.15) is 5.78 Å². The zero-order valence-electron chi connectivity index (χ0n) is 11.3. The number of rotatable bonds is 5. The summed E-state index contributed by atoms with van der Waals surface area (Å²) in [4.78, 5) is 12.3. The highest BCUT2D eigenvalue weighted by Gasteiger charge is 2.32. The van der Waals surface area contributed by atoms with E-state index in [0.29, 0.717) is 25.2 Å². The summed E-state index contributed by atoms with van der Waals surface area (Å²) in [5.74, 6) is 0.341. The van der Waals surface area contributed by atoms with E-state index < -0.39 is 0 Å². The third-order valence-corrected chi connectivity index (χ3v) is 4.95. The maximum Gasteiger partial charge on any atom is 0.137 e. The zero-order chi connectivity index (χ0) is 13.7. The maximum absolute atomic E-state index is 12.3. The molecule has 19 heavy (non-hydrogen) atoms. The van der Waals surface area contributed by atoms with Gasteiger partial charge in [0.25, 0.3) is 0 Å². The van der Waals surface area contributed by atoms with Gasteiger partial charge in [0.15, 0.2) is 0 Å². The highest BCUT2D eigenvalue weighted by atomic mass is 127. The molecule has 0 atom stereocenters. The molecule has 2 rings (SSSR count). The lowest BCUT2D eigenvalue weighted by Crippen LogP contribution is -2.35. The van der Waals surface area contributed by atoms with Crippen LogP contribution in [-0.4, -0.2) is 12.3 Å². The van der Waals surface area contributed by atoms with Gasteiger partial charge in [0.05, 0.1) is 0 Å². The number of carbonyl (C=O) groups excluding carboxylic acids is 1. The number of ketones is 1. The maximum atomic E-state index is 12.3. The molecule has 2 nitrogen and oxygen atoms in total. The van der Waals surface area contributed by atoms with Crippen LogP contribution in [0.15, 0.2) is 24.3 Å². The smallest absolute Gasteiger partial charge is 0.137 e. The molecule has 0 aromatic heterocycles. The first-order valence-corrected chi connectivity index (χ1v) is 8.18. The fraction of sp³-hybridized carbons (Fsp3) is 0.562. The number of halogens is 1. The second-order valence-corrected chi connectivity index (χ2v) is 7.03. The van der Waals surface area contributed by atoms with Gasteiger partial charge in [-0.2, -0.15) is 0 Å². The molecule has 2 N–H and O–H groups in total. The standard InChI is InChI=1S/C16H22INO/c17-14-6-4-13(5-7-14)10-15(19)11-16(12-18)8-2-1-3-9-16/h4-7H,1-3,8-12,18H2. The molecule has 1 aromatic rings. The number of nitrogens with two attached hydrogens (primary N) is 1. The van der Waals surface area contributed by atoms with Gasteiger partial charge in [-0.1, -0.05) is 31.4 Å². The van der Waals surface area contributed by atoms with Gasteiger partial charge < -0.3 is 5.73 Å². The van der Waals surface area contributed by atoms with Crippen molar-refractivity contribution < 1.29 is 4.79 Å². The monoisotopic (exact) mass is 371 g/mol. The molecule has 0 aliphatic heterocycles. The zero-order valence-corrected chi connectivity index (χ0v) is 13.5. The van der Waals surface area contributed by atoms with Crippen LogP contribution >= 0.6 is 22.6 Å². The lowest BCUT2D eigenvalue weighted by Gasteiger charge is -2.35. The summed E-state index contributed by atoms with van der Waals surface area (Å²) in [5, 5.41) is 0. The first-order chi connectivity index (χ1) is 9.13. The SMILES string of the molecule is NCC1(CC(=O)Cc2ccc(I)cc2)CCCCC1. The van der Waals surface area contributed by atoms with Crippen LogP contribution in [0.3, 0.4) is 0 Å². The van der Waals surface area contributed by atoms with Gasteiger partial charge in [-0.25, -0.2) is 0 Å². The summed E-state index contributed by atoms with van der Waals surface area (Å²) in [7, 11) is 0. The summed E-state index contributed by atoms with van der Waals surface area (Å²) in [6.45, 7) is 0.658.